The van der Waals surface area contributed by atoms with Gasteiger partial charge < -0.3 is 25.2 Å². The highest BCUT2D eigenvalue weighted by atomic mass is 16.5. The predicted octanol–water partition coefficient (Wildman–Crippen LogP) is 3.04. The average Bonchev–Trinajstić information content (AvgIpc) is 2.81. The lowest BCUT2D eigenvalue weighted by atomic mass is 9.91. The summed E-state index contributed by atoms with van der Waals surface area (Å²) in [6.45, 7) is -0.459. The quantitative estimate of drug-likeness (QED) is 0.594. The molecule has 0 radical (unpaired) electrons. The fourth-order valence-corrected chi connectivity index (χ4v) is 3.56. The largest absolute Gasteiger partial charge is 0.394 e. The van der Waals surface area contributed by atoms with E-state index < -0.39 is 37.1 Å². The summed E-state index contributed by atoms with van der Waals surface area (Å²) in [7, 11) is 0. The lowest BCUT2D eigenvalue weighted by molar-refractivity contribution is -0.231. The summed E-state index contributed by atoms with van der Waals surface area (Å²) in [4.78, 5) is 0. The zero-order valence-electron chi connectivity index (χ0n) is 17.8. The first-order chi connectivity index (χ1) is 15.6. The monoisotopic (exact) mass is 434 g/mol. The van der Waals surface area contributed by atoms with Crippen LogP contribution in [0.2, 0.25) is 0 Å². The molecule has 5 atom stereocenters. The second kappa shape index (κ2) is 12.3. The van der Waals surface area contributed by atoms with Crippen molar-refractivity contribution in [2.24, 2.45) is 0 Å². The van der Waals surface area contributed by atoms with Crippen molar-refractivity contribution < 1.29 is 25.2 Å². The van der Waals surface area contributed by atoms with Crippen LogP contribution in [-0.4, -0.2) is 51.4 Å². The number of aliphatic hydroxyl groups excluding tert-OH is 4. The van der Waals surface area contributed by atoms with E-state index in [1.807, 2.05) is 84.9 Å². The van der Waals surface area contributed by atoms with Crippen LogP contribution in [0.5, 0.6) is 0 Å². The first-order valence-electron chi connectivity index (χ1n) is 10.7. The molecule has 5 heteroatoms. The van der Waals surface area contributed by atoms with Gasteiger partial charge in [0.1, 0.15) is 30.5 Å². The Labute approximate surface area is 188 Å². The van der Waals surface area contributed by atoms with Crippen molar-refractivity contribution >= 4 is 0 Å². The third-order valence-electron chi connectivity index (χ3n) is 5.34. The van der Waals surface area contributed by atoms with E-state index >= 15 is 0 Å². The lowest BCUT2D eigenvalue weighted by Gasteiger charge is -2.40. The molecule has 5 unspecified atom stereocenters. The summed E-state index contributed by atoms with van der Waals surface area (Å²) < 4.78 is 5.73. The molecule has 1 fully saturated rings. The van der Waals surface area contributed by atoms with E-state index in [2.05, 4.69) is 12.1 Å². The number of hydrogen-bond donors (Lipinski definition) is 4. The summed E-state index contributed by atoms with van der Waals surface area (Å²) >= 11 is 0. The van der Waals surface area contributed by atoms with E-state index in [-0.39, 0.29) is 0 Å². The second-order valence-electron chi connectivity index (χ2n) is 7.69. The third kappa shape index (κ3) is 6.60. The maximum absolute atomic E-state index is 10.5. The molecule has 5 nitrogen and oxygen atoms in total. The van der Waals surface area contributed by atoms with Gasteiger partial charge in [0.2, 0.25) is 0 Å². The van der Waals surface area contributed by atoms with Gasteiger partial charge in [-0.2, -0.15) is 0 Å². The minimum absolute atomic E-state index is 0.459. The molecule has 0 bridgehead atoms. The molecule has 168 valence electrons. The van der Waals surface area contributed by atoms with Gasteiger partial charge in [-0.3, -0.25) is 0 Å². The second-order valence-corrected chi connectivity index (χ2v) is 7.69. The average molecular weight is 435 g/mol. The Balaban J connectivity index is 1.97. The molecule has 4 N–H and O–H groups in total. The molecular formula is C27H30O5. The number of aliphatic hydroxyl groups is 4. The SMILES string of the molecule is OCC1OC(c2ccccccc(Cc3ccccccccc3)cc2)C(O)C(O)C1O. The molecule has 1 aliphatic heterocycles. The molecule has 1 saturated heterocycles. The van der Waals surface area contributed by atoms with E-state index in [0.717, 1.165) is 11.1 Å². The van der Waals surface area contributed by atoms with Crippen LogP contribution >= 0.6 is 0 Å². The van der Waals surface area contributed by atoms with Gasteiger partial charge in [0.15, 0.2) is 0 Å². The number of rotatable bonds is 4. The molecule has 0 aromatic heterocycles. The zero-order chi connectivity index (χ0) is 22.8. The Morgan fingerprint density at radius 3 is 1.62 bits per heavy atom. The van der Waals surface area contributed by atoms with Crippen LogP contribution in [0.25, 0.3) is 0 Å². The van der Waals surface area contributed by atoms with Crippen molar-refractivity contribution in [1.29, 1.82) is 0 Å². The normalized spacial score (nSPS) is 24.7. The molecular weight excluding hydrogens is 404 g/mol. The Morgan fingerprint density at radius 2 is 1.06 bits per heavy atom. The van der Waals surface area contributed by atoms with Crippen molar-refractivity contribution in [2.75, 3.05) is 6.61 Å². The van der Waals surface area contributed by atoms with Gasteiger partial charge in [-0.05, 0) is 23.1 Å². The van der Waals surface area contributed by atoms with Crippen LogP contribution in [0.15, 0.2) is 103 Å². The Bertz CT molecular complexity index is 950. The molecule has 32 heavy (non-hydrogen) atoms. The smallest absolute Gasteiger partial charge is 0.113 e. The number of hydrogen-bond acceptors (Lipinski definition) is 5. The fraction of sp³-hybridized carbons (Fsp3) is 0.259. The van der Waals surface area contributed by atoms with Gasteiger partial charge in [0, 0.05) is 0 Å². The lowest BCUT2D eigenvalue weighted by Crippen LogP contribution is -2.55. The Morgan fingerprint density at radius 1 is 0.562 bits per heavy atom. The Kier molecular flexibility index (Phi) is 9.16. The van der Waals surface area contributed by atoms with Crippen LogP contribution < -0.4 is 0 Å². The van der Waals surface area contributed by atoms with Crippen molar-refractivity contribution in [3.05, 3.63) is 120 Å². The maximum atomic E-state index is 10.5. The third-order valence-corrected chi connectivity index (χ3v) is 5.34. The van der Waals surface area contributed by atoms with Crippen LogP contribution in [0.3, 0.4) is 0 Å². The summed E-state index contributed by atoms with van der Waals surface area (Å²) in [6.07, 6.45) is -5.27. The highest BCUT2D eigenvalue weighted by molar-refractivity contribution is 5.26. The molecule has 1 aliphatic rings. The first kappa shape index (κ1) is 23.9. The molecule has 2 aromatic carbocycles. The van der Waals surface area contributed by atoms with Gasteiger partial charge in [-0.25, -0.2) is 0 Å². The topological polar surface area (TPSA) is 90.2 Å². The van der Waals surface area contributed by atoms with Gasteiger partial charge in [-0.15, -0.1) is 0 Å². The first-order valence-corrected chi connectivity index (χ1v) is 10.7. The molecule has 3 rings (SSSR count). The summed E-state index contributed by atoms with van der Waals surface area (Å²) in [5, 5.41) is 40.2. The van der Waals surface area contributed by atoms with Gasteiger partial charge in [0.25, 0.3) is 0 Å². The van der Waals surface area contributed by atoms with Crippen molar-refractivity contribution in [2.45, 2.75) is 36.9 Å². The molecule has 0 saturated carbocycles. The minimum atomic E-state index is -1.42. The fourth-order valence-electron chi connectivity index (χ4n) is 3.56. The van der Waals surface area contributed by atoms with E-state index in [0.29, 0.717) is 12.0 Å². The van der Waals surface area contributed by atoms with E-state index in [9.17, 15) is 20.4 Å². The minimum Gasteiger partial charge on any atom is -0.394 e. The van der Waals surface area contributed by atoms with Crippen LogP contribution in [0.4, 0.5) is 0 Å². The highest BCUT2D eigenvalue weighted by Gasteiger charge is 2.43. The van der Waals surface area contributed by atoms with Gasteiger partial charge in [0.05, 0.1) is 6.61 Å². The zero-order valence-corrected chi connectivity index (χ0v) is 17.8. The van der Waals surface area contributed by atoms with E-state index in [1.54, 1.807) is 6.07 Å². The molecule has 0 amide bonds. The molecule has 0 spiro atoms. The van der Waals surface area contributed by atoms with Crippen molar-refractivity contribution in [3.63, 3.8) is 0 Å². The molecule has 0 aliphatic carbocycles. The van der Waals surface area contributed by atoms with Crippen LogP contribution in [0.1, 0.15) is 22.8 Å². The maximum Gasteiger partial charge on any atom is 0.113 e. The Hall–Kier alpha value is -2.80. The summed E-state index contributed by atoms with van der Waals surface area (Å²) in [5.41, 5.74) is 2.78. The number of ether oxygens (including phenoxy) is 1. The highest BCUT2D eigenvalue weighted by Crippen LogP contribution is 2.31. The summed E-state index contributed by atoms with van der Waals surface area (Å²) in [6, 6.07) is 33.1. The predicted molar refractivity (Wildman–Crippen MR) is 124 cm³/mol. The van der Waals surface area contributed by atoms with Gasteiger partial charge in [-0.1, -0.05) is 103 Å². The molecule has 1 heterocycles. The molecule has 2 aromatic rings. The van der Waals surface area contributed by atoms with E-state index in [1.165, 1.54) is 0 Å². The van der Waals surface area contributed by atoms with Crippen molar-refractivity contribution in [3.8, 4) is 0 Å². The van der Waals surface area contributed by atoms with E-state index in [4.69, 9.17) is 4.74 Å². The van der Waals surface area contributed by atoms with Crippen molar-refractivity contribution in [1.82, 2.24) is 0 Å². The standard InChI is InChI=1S/C27H30O5/c28-19-23-24(29)25(30)26(31)27(32-23)22-15-11-7-6-10-14-21(16-17-22)18-20-12-8-4-2-1-3-5-9-13-20/h1-17,23-31H,18-19H2. The van der Waals surface area contributed by atoms with Crippen LogP contribution in [0, 0.1) is 0 Å². The summed E-state index contributed by atoms with van der Waals surface area (Å²) in [5.74, 6) is 0. The van der Waals surface area contributed by atoms with Crippen LogP contribution in [-0.2, 0) is 11.2 Å². The van der Waals surface area contributed by atoms with Gasteiger partial charge >= 0.3 is 0 Å².